The molecule has 1 heterocycles. The Labute approximate surface area is 108 Å². The van der Waals surface area contributed by atoms with Gasteiger partial charge in [-0.05, 0) is 38.1 Å². The average molecular weight is 253 g/mol. The van der Waals surface area contributed by atoms with Crippen LogP contribution in [-0.4, -0.2) is 41.9 Å². The minimum atomic E-state index is -0.247. The Hall–Kier alpha value is -1.10. The highest BCUT2D eigenvalue weighted by Gasteiger charge is 2.36. The molecule has 1 saturated carbocycles. The van der Waals surface area contributed by atoms with Crippen LogP contribution in [0.3, 0.4) is 0 Å². The van der Waals surface area contributed by atoms with Gasteiger partial charge >= 0.3 is 0 Å². The molecule has 5 nitrogen and oxygen atoms in total. The van der Waals surface area contributed by atoms with Crippen LogP contribution in [0, 0.1) is 5.92 Å². The van der Waals surface area contributed by atoms with Crippen LogP contribution < -0.4 is 11.1 Å². The van der Waals surface area contributed by atoms with Gasteiger partial charge in [0.15, 0.2) is 0 Å². The van der Waals surface area contributed by atoms with Gasteiger partial charge in [0.25, 0.3) is 0 Å². The normalized spacial score (nSPS) is 25.0. The highest BCUT2D eigenvalue weighted by Crippen LogP contribution is 2.23. The van der Waals surface area contributed by atoms with Crippen molar-refractivity contribution in [2.24, 2.45) is 11.7 Å². The topological polar surface area (TPSA) is 75.4 Å². The Morgan fingerprint density at radius 2 is 2.11 bits per heavy atom. The molecule has 18 heavy (non-hydrogen) atoms. The smallest absolute Gasteiger partial charge is 0.243 e. The molecule has 0 aromatic rings. The Bertz CT molecular complexity index is 328. The minimum absolute atomic E-state index is 0.0313. The first kappa shape index (κ1) is 13.3. The molecule has 2 atom stereocenters. The summed E-state index contributed by atoms with van der Waals surface area (Å²) in [4.78, 5) is 25.9. The minimum Gasteiger partial charge on any atom is -0.352 e. The molecule has 3 N–H and O–H groups in total. The number of nitrogens with two attached hydrogens (primary N) is 1. The fourth-order valence-corrected chi connectivity index (χ4v) is 2.36. The standard InChI is InChI=1S/C13H23N3O2/c1-9(8-14)7-12(17)16-6-2-3-11(16)13(18)15-10-4-5-10/h9-11H,2-8,14H2,1H3,(H,15,18). The van der Waals surface area contributed by atoms with Crippen LogP contribution in [0.15, 0.2) is 0 Å². The number of hydrogen-bond acceptors (Lipinski definition) is 3. The summed E-state index contributed by atoms with van der Waals surface area (Å²) in [6.07, 6.45) is 4.32. The molecule has 0 spiro atoms. The van der Waals surface area contributed by atoms with E-state index in [-0.39, 0.29) is 23.8 Å². The number of hydrogen-bond donors (Lipinski definition) is 2. The van der Waals surface area contributed by atoms with E-state index in [9.17, 15) is 9.59 Å². The van der Waals surface area contributed by atoms with Crippen LogP contribution >= 0.6 is 0 Å². The van der Waals surface area contributed by atoms with Gasteiger partial charge in [-0.1, -0.05) is 6.92 Å². The first-order valence-electron chi connectivity index (χ1n) is 6.91. The van der Waals surface area contributed by atoms with Gasteiger partial charge in [0.2, 0.25) is 11.8 Å². The van der Waals surface area contributed by atoms with Gasteiger partial charge in [-0.25, -0.2) is 0 Å². The average Bonchev–Trinajstić information content (AvgIpc) is 3.01. The summed E-state index contributed by atoms with van der Waals surface area (Å²) in [6.45, 7) is 3.19. The zero-order valence-electron chi connectivity index (χ0n) is 11.0. The SMILES string of the molecule is CC(CN)CC(=O)N1CCCC1C(=O)NC1CC1. The molecule has 2 rings (SSSR count). The van der Waals surface area contributed by atoms with Gasteiger partial charge in [-0.3, -0.25) is 9.59 Å². The van der Waals surface area contributed by atoms with Gasteiger partial charge in [-0.2, -0.15) is 0 Å². The van der Waals surface area contributed by atoms with E-state index in [1.807, 2.05) is 6.92 Å². The number of nitrogens with one attached hydrogen (secondary N) is 1. The quantitative estimate of drug-likeness (QED) is 0.737. The van der Waals surface area contributed by atoms with E-state index >= 15 is 0 Å². The van der Waals surface area contributed by atoms with Gasteiger partial charge in [-0.15, -0.1) is 0 Å². The lowest BCUT2D eigenvalue weighted by Gasteiger charge is -2.25. The van der Waals surface area contributed by atoms with Crippen LogP contribution in [-0.2, 0) is 9.59 Å². The van der Waals surface area contributed by atoms with E-state index < -0.39 is 0 Å². The predicted octanol–water partition coefficient (Wildman–Crippen LogP) is 0.241. The second kappa shape index (κ2) is 5.69. The monoisotopic (exact) mass is 253 g/mol. The van der Waals surface area contributed by atoms with Gasteiger partial charge in [0.05, 0.1) is 0 Å². The fourth-order valence-electron chi connectivity index (χ4n) is 2.36. The van der Waals surface area contributed by atoms with E-state index in [2.05, 4.69) is 5.32 Å². The lowest BCUT2D eigenvalue weighted by atomic mass is 10.1. The fraction of sp³-hybridized carbons (Fsp3) is 0.846. The Kier molecular flexibility index (Phi) is 4.22. The summed E-state index contributed by atoms with van der Waals surface area (Å²) in [6, 6.07) is 0.112. The van der Waals surface area contributed by atoms with Gasteiger partial charge < -0.3 is 16.0 Å². The summed E-state index contributed by atoms with van der Waals surface area (Å²) in [5.74, 6) is 0.287. The molecule has 2 aliphatic rings. The van der Waals surface area contributed by atoms with Crippen molar-refractivity contribution in [3.8, 4) is 0 Å². The summed E-state index contributed by atoms with van der Waals surface area (Å²) in [5, 5.41) is 2.99. The maximum Gasteiger partial charge on any atom is 0.243 e. The van der Waals surface area contributed by atoms with Crippen molar-refractivity contribution in [2.45, 2.75) is 51.1 Å². The van der Waals surface area contributed by atoms with Crippen LogP contribution in [0.4, 0.5) is 0 Å². The molecule has 1 aliphatic heterocycles. The number of rotatable bonds is 5. The Morgan fingerprint density at radius 3 is 2.72 bits per heavy atom. The van der Waals surface area contributed by atoms with Crippen LogP contribution in [0.25, 0.3) is 0 Å². The molecule has 0 bridgehead atoms. The number of carbonyl (C=O) groups excluding carboxylic acids is 2. The molecule has 1 aliphatic carbocycles. The van der Waals surface area contributed by atoms with Gasteiger partial charge in [0, 0.05) is 19.0 Å². The molecule has 5 heteroatoms. The Morgan fingerprint density at radius 1 is 1.39 bits per heavy atom. The van der Waals surface area contributed by atoms with Crippen molar-refractivity contribution in [3.63, 3.8) is 0 Å². The first-order valence-corrected chi connectivity index (χ1v) is 6.91. The summed E-state index contributed by atoms with van der Waals surface area (Å²) in [7, 11) is 0. The van der Waals surface area contributed by atoms with Crippen molar-refractivity contribution < 1.29 is 9.59 Å². The number of likely N-dealkylation sites (tertiary alicyclic amines) is 1. The summed E-state index contributed by atoms with van der Waals surface area (Å²) < 4.78 is 0. The summed E-state index contributed by atoms with van der Waals surface area (Å²) in [5.41, 5.74) is 5.54. The number of amides is 2. The second-order valence-corrected chi connectivity index (χ2v) is 5.57. The van der Waals surface area contributed by atoms with E-state index in [1.54, 1.807) is 4.90 Å². The number of nitrogens with zero attached hydrogens (tertiary/aromatic N) is 1. The van der Waals surface area contributed by atoms with Crippen LogP contribution in [0.5, 0.6) is 0 Å². The molecule has 0 radical (unpaired) electrons. The van der Waals surface area contributed by atoms with E-state index in [0.29, 0.717) is 25.6 Å². The third-order valence-corrected chi connectivity index (χ3v) is 3.72. The van der Waals surface area contributed by atoms with Crippen molar-refractivity contribution in [1.82, 2.24) is 10.2 Å². The first-order chi connectivity index (χ1) is 8.61. The molecule has 0 aromatic carbocycles. The number of carbonyl (C=O) groups is 2. The van der Waals surface area contributed by atoms with Crippen LogP contribution in [0.1, 0.15) is 39.0 Å². The lowest BCUT2D eigenvalue weighted by Crippen LogP contribution is -2.47. The Balaban J connectivity index is 1.89. The van der Waals surface area contributed by atoms with Crippen molar-refractivity contribution in [3.05, 3.63) is 0 Å². The highest BCUT2D eigenvalue weighted by atomic mass is 16.2. The highest BCUT2D eigenvalue weighted by molar-refractivity contribution is 5.88. The van der Waals surface area contributed by atoms with Crippen molar-refractivity contribution >= 4 is 11.8 Å². The third kappa shape index (κ3) is 3.22. The van der Waals surface area contributed by atoms with E-state index in [0.717, 1.165) is 25.7 Å². The molecule has 2 amide bonds. The van der Waals surface area contributed by atoms with E-state index in [4.69, 9.17) is 5.73 Å². The summed E-state index contributed by atoms with van der Waals surface area (Å²) >= 11 is 0. The van der Waals surface area contributed by atoms with Crippen molar-refractivity contribution in [2.75, 3.05) is 13.1 Å². The predicted molar refractivity (Wildman–Crippen MR) is 68.7 cm³/mol. The largest absolute Gasteiger partial charge is 0.352 e. The second-order valence-electron chi connectivity index (χ2n) is 5.57. The molecular weight excluding hydrogens is 230 g/mol. The van der Waals surface area contributed by atoms with Crippen LogP contribution in [0.2, 0.25) is 0 Å². The molecule has 2 fully saturated rings. The molecule has 2 unspecified atom stereocenters. The molecule has 0 aromatic heterocycles. The lowest BCUT2D eigenvalue weighted by molar-refractivity contribution is -0.139. The maximum absolute atomic E-state index is 12.1. The maximum atomic E-state index is 12.1. The zero-order chi connectivity index (χ0) is 13.1. The third-order valence-electron chi connectivity index (χ3n) is 3.72. The molecular formula is C13H23N3O2. The van der Waals surface area contributed by atoms with E-state index in [1.165, 1.54) is 0 Å². The molecule has 102 valence electrons. The van der Waals surface area contributed by atoms with Gasteiger partial charge in [0.1, 0.15) is 6.04 Å². The zero-order valence-corrected chi connectivity index (χ0v) is 11.0. The molecule has 1 saturated heterocycles. The van der Waals surface area contributed by atoms with Crippen molar-refractivity contribution in [1.29, 1.82) is 0 Å².